The van der Waals surface area contributed by atoms with Crippen LogP contribution in [0, 0.1) is 6.92 Å². The minimum atomic E-state index is -3.78. The molecule has 0 aliphatic carbocycles. The van der Waals surface area contributed by atoms with Gasteiger partial charge in [-0.25, -0.2) is 8.42 Å². The van der Waals surface area contributed by atoms with Gasteiger partial charge < -0.3 is 5.11 Å². The van der Waals surface area contributed by atoms with Gasteiger partial charge in [-0.1, -0.05) is 23.7 Å². The van der Waals surface area contributed by atoms with E-state index in [1.54, 1.807) is 37.3 Å². The maximum Gasteiger partial charge on any atom is 0.263 e. The van der Waals surface area contributed by atoms with Gasteiger partial charge in [-0.3, -0.25) is 4.72 Å². The maximum absolute atomic E-state index is 12.5. The molecule has 0 unspecified atom stereocenters. The molecule has 7 heteroatoms. The third-order valence-electron chi connectivity index (χ3n) is 2.91. The molecule has 0 saturated heterocycles. The van der Waals surface area contributed by atoms with E-state index in [0.29, 0.717) is 20.7 Å². The number of halogens is 2. The second kappa shape index (κ2) is 6.36. The quantitative estimate of drug-likeness (QED) is 0.836. The number of anilines is 1. The summed E-state index contributed by atoms with van der Waals surface area (Å²) < 4.78 is 27.9. The first kappa shape index (κ1) is 16.3. The van der Waals surface area contributed by atoms with Crippen LogP contribution in [0.1, 0.15) is 11.1 Å². The average Bonchev–Trinajstić information content (AvgIpc) is 2.43. The third-order valence-corrected chi connectivity index (χ3v) is 5.51. The van der Waals surface area contributed by atoms with E-state index in [4.69, 9.17) is 16.7 Å². The van der Waals surface area contributed by atoms with Crippen LogP contribution >= 0.6 is 27.5 Å². The molecule has 0 spiro atoms. The lowest BCUT2D eigenvalue weighted by molar-refractivity contribution is 0.281. The first-order valence-electron chi connectivity index (χ1n) is 6.02. The Morgan fingerprint density at radius 1 is 1.24 bits per heavy atom. The molecule has 2 aromatic carbocycles. The molecule has 0 heterocycles. The van der Waals surface area contributed by atoms with E-state index in [-0.39, 0.29) is 11.5 Å². The molecule has 0 atom stereocenters. The standard InChI is InChI=1S/C14H13BrClNO3S/c1-9-2-4-11(16)7-13(9)17-21(19,20)14-6-10(8-18)3-5-12(14)15/h2-7,17-18H,8H2,1H3. The van der Waals surface area contributed by atoms with Gasteiger partial charge in [0.05, 0.1) is 12.3 Å². The molecule has 2 aromatic rings. The number of hydrogen-bond acceptors (Lipinski definition) is 3. The highest BCUT2D eigenvalue weighted by atomic mass is 79.9. The van der Waals surface area contributed by atoms with Gasteiger partial charge in [0.2, 0.25) is 0 Å². The number of aliphatic hydroxyl groups excluding tert-OH is 1. The highest BCUT2D eigenvalue weighted by Crippen LogP contribution is 2.28. The molecule has 0 bridgehead atoms. The minimum Gasteiger partial charge on any atom is -0.392 e. The second-order valence-electron chi connectivity index (χ2n) is 4.49. The Bertz CT molecular complexity index is 778. The Morgan fingerprint density at radius 3 is 2.62 bits per heavy atom. The van der Waals surface area contributed by atoms with Crippen LogP contribution in [0.2, 0.25) is 5.02 Å². The van der Waals surface area contributed by atoms with Gasteiger partial charge in [-0.2, -0.15) is 0 Å². The van der Waals surface area contributed by atoms with E-state index in [1.165, 1.54) is 6.07 Å². The van der Waals surface area contributed by atoms with Gasteiger partial charge >= 0.3 is 0 Å². The van der Waals surface area contributed by atoms with Crippen molar-refractivity contribution in [3.63, 3.8) is 0 Å². The highest BCUT2D eigenvalue weighted by molar-refractivity contribution is 9.10. The Hall–Kier alpha value is -1.08. The van der Waals surface area contributed by atoms with Crippen LogP contribution < -0.4 is 4.72 Å². The summed E-state index contributed by atoms with van der Waals surface area (Å²) in [5.41, 5.74) is 1.70. The van der Waals surface area contributed by atoms with E-state index < -0.39 is 10.0 Å². The molecule has 0 aliphatic heterocycles. The summed E-state index contributed by atoms with van der Waals surface area (Å²) >= 11 is 9.11. The third kappa shape index (κ3) is 3.77. The Morgan fingerprint density at radius 2 is 1.95 bits per heavy atom. The van der Waals surface area contributed by atoms with Crippen molar-refractivity contribution in [1.82, 2.24) is 0 Å². The molecule has 0 amide bonds. The lowest BCUT2D eigenvalue weighted by atomic mass is 10.2. The van der Waals surface area contributed by atoms with Crippen molar-refractivity contribution in [2.24, 2.45) is 0 Å². The summed E-state index contributed by atoms with van der Waals surface area (Å²) in [5.74, 6) is 0. The lowest BCUT2D eigenvalue weighted by Gasteiger charge is -2.13. The molecule has 4 nitrogen and oxygen atoms in total. The van der Waals surface area contributed by atoms with Crippen molar-refractivity contribution in [3.8, 4) is 0 Å². The Balaban J connectivity index is 2.45. The summed E-state index contributed by atoms with van der Waals surface area (Å²) in [6, 6.07) is 9.64. The second-order valence-corrected chi connectivity index (χ2v) is 7.43. The fourth-order valence-electron chi connectivity index (χ4n) is 1.76. The smallest absolute Gasteiger partial charge is 0.263 e. The van der Waals surface area contributed by atoms with Gasteiger partial charge in [-0.15, -0.1) is 0 Å². The maximum atomic E-state index is 12.5. The monoisotopic (exact) mass is 389 g/mol. The van der Waals surface area contributed by atoms with Crippen LogP contribution in [0.15, 0.2) is 45.8 Å². The Labute approximate surface area is 136 Å². The summed E-state index contributed by atoms with van der Waals surface area (Å²) in [7, 11) is -3.78. The molecule has 2 rings (SSSR count). The molecule has 0 aliphatic rings. The first-order valence-corrected chi connectivity index (χ1v) is 8.67. The van der Waals surface area contributed by atoms with Crippen LogP contribution in [-0.2, 0) is 16.6 Å². The van der Waals surface area contributed by atoms with Crippen molar-refractivity contribution in [2.45, 2.75) is 18.4 Å². The number of sulfonamides is 1. The molecule has 0 radical (unpaired) electrons. The SMILES string of the molecule is Cc1ccc(Cl)cc1NS(=O)(=O)c1cc(CO)ccc1Br. The molecule has 0 saturated carbocycles. The van der Waals surface area contributed by atoms with Crippen LogP contribution in [0.5, 0.6) is 0 Å². The number of nitrogens with one attached hydrogen (secondary N) is 1. The molecule has 2 N–H and O–H groups in total. The van der Waals surface area contributed by atoms with E-state index in [2.05, 4.69) is 20.7 Å². The number of aliphatic hydroxyl groups is 1. The molecule has 0 aromatic heterocycles. The van der Waals surface area contributed by atoms with E-state index in [0.717, 1.165) is 5.56 Å². The summed E-state index contributed by atoms with van der Waals surface area (Å²) in [6.45, 7) is 1.55. The summed E-state index contributed by atoms with van der Waals surface area (Å²) in [5, 5.41) is 9.59. The number of aryl methyl sites for hydroxylation is 1. The fourth-order valence-corrected chi connectivity index (χ4v) is 4.06. The molecular formula is C14H13BrClNO3S. The van der Waals surface area contributed by atoms with Gasteiger partial charge in [0.15, 0.2) is 0 Å². The van der Waals surface area contributed by atoms with E-state index in [1.807, 2.05) is 0 Å². The highest BCUT2D eigenvalue weighted by Gasteiger charge is 2.19. The summed E-state index contributed by atoms with van der Waals surface area (Å²) in [4.78, 5) is 0.0634. The molecular weight excluding hydrogens is 378 g/mol. The van der Waals surface area contributed by atoms with Crippen LogP contribution in [0.3, 0.4) is 0 Å². The average molecular weight is 391 g/mol. The topological polar surface area (TPSA) is 66.4 Å². The van der Waals surface area contributed by atoms with Crippen LogP contribution in [-0.4, -0.2) is 13.5 Å². The van der Waals surface area contributed by atoms with Crippen molar-refractivity contribution in [3.05, 3.63) is 57.0 Å². The van der Waals surface area contributed by atoms with Crippen molar-refractivity contribution in [1.29, 1.82) is 0 Å². The van der Waals surface area contributed by atoms with Crippen LogP contribution in [0.25, 0.3) is 0 Å². The zero-order valence-electron chi connectivity index (χ0n) is 11.1. The minimum absolute atomic E-state index is 0.0634. The van der Waals surface area contributed by atoms with E-state index in [9.17, 15) is 8.42 Å². The Kier molecular flexibility index (Phi) is 4.93. The zero-order chi connectivity index (χ0) is 15.6. The molecule has 112 valence electrons. The normalized spacial score (nSPS) is 11.4. The van der Waals surface area contributed by atoms with Gasteiger partial charge in [0.1, 0.15) is 4.90 Å². The molecule has 0 fully saturated rings. The van der Waals surface area contributed by atoms with Crippen LogP contribution in [0.4, 0.5) is 5.69 Å². The largest absolute Gasteiger partial charge is 0.392 e. The van der Waals surface area contributed by atoms with Gasteiger partial charge in [0, 0.05) is 9.50 Å². The van der Waals surface area contributed by atoms with Gasteiger partial charge in [-0.05, 0) is 58.2 Å². The van der Waals surface area contributed by atoms with E-state index >= 15 is 0 Å². The predicted molar refractivity (Wildman–Crippen MR) is 87.1 cm³/mol. The first-order chi connectivity index (χ1) is 9.83. The molecule has 21 heavy (non-hydrogen) atoms. The van der Waals surface area contributed by atoms with Crippen molar-refractivity contribution in [2.75, 3.05) is 4.72 Å². The number of hydrogen-bond donors (Lipinski definition) is 2. The van der Waals surface area contributed by atoms with Crippen molar-refractivity contribution < 1.29 is 13.5 Å². The number of benzene rings is 2. The number of rotatable bonds is 4. The van der Waals surface area contributed by atoms with Gasteiger partial charge in [0.25, 0.3) is 10.0 Å². The fraction of sp³-hybridized carbons (Fsp3) is 0.143. The predicted octanol–water partition coefficient (Wildman–Crippen LogP) is 3.70. The zero-order valence-corrected chi connectivity index (χ0v) is 14.3. The van der Waals surface area contributed by atoms with Crippen molar-refractivity contribution >= 4 is 43.2 Å². The summed E-state index contributed by atoms with van der Waals surface area (Å²) in [6.07, 6.45) is 0. The lowest BCUT2D eigenvalue weighted by Crippen LogP contribution is -2.14.